The van der Waals surface area contributed by atoms with E-state index in [0.29, 0.717) is 53.6 Å². The molecular weight excluding hydrogens is 384 g/mol. The number of hydrogen-bond acceptors (Lipinski definition) is 6. The van der Waals surface area contributed by atoms with Crippen LogP contribution in [0.5, 0.6) is 17.2 Å². The summed E-state index contributed by atoms with van der Waals surface area (Å²) in [6.07, 6.45) is 0.670. The molecule has 0 saturated heterocycles. The summed E-state index contributed by atoms with van der Waals surface area (Å²) in [5.74, 6) is 1.02. The van der Waals surface area contributed by atoms with Gasteiger partial charge in [0, 0.05) is 18.3 Å². The third kappa shape index (κ3) is 4.10. The summed E-state index contributed by atoms with van der Waals surface area (Å²) < 4.78 is 16.2. The van der Waals surface area contributed by atoms with Gasteiger partial charge >= 0.3 is 0 Å². The van der Waals surface area contributed by atoms with Crippen molar-refractivity contribution in [1.29, 1.82) is 0 Å². The van der Waals surface area contributed by atoms with Gasteiger partial charge in [-0.15, -0.1) is 0 Å². The van der Waals surface area contributed by atoms with Crippen molar-refractivity contribution >= 4 is 23.1 Å². The molecule has 0 unspecified atom stereocenters. The van der Waals surface area contributed by atoms with Crippen LogP contribution >= 0.6 is 0 Å². The van der Waals surface area contributed by atoms with E-state index in [4.69, 9.17) is 14.2 Å². The second-order valence-electron chi connectivity index (χ2n) is 6.67. The van der Waals surface area contributed by atoms with E-state index >= 15 is 0 Å². The third-order valence-electron chi connectivity index (χ3n) is 4.70. The molecule has 0 fully saturated rings. The molecule has 0 radical (unpaired) electrons. The van der Waals surface area contributed by atoms with Crippen LogP contribution in [0.15, 0.2) is 48.2 Å². The maximum atomic E-state index is 13.1. The summed E-state index contributed by atoms with van der Waals surface area (Å²) in [6.45, 7) is 4.70. The molecule has 0 aromatic heterocycles. The normalized spacial score (nSPS) is 13.7. The van der Waals surface area contributed by atoms with Gasteiger partial charge in [0.05, 0.1) is 26.4 Å². The minimum absolute atomic E-state index is 0.231. The van der Waals surface area contributed by atoms with Gasteiger partial charge in [0.25, 0.3) is 11.8 Å². The van der Waals surface area contributed by atoms with Crippen LogP contribution in [0.3, 0.4) is 0 Å². The SMILES string of the molecule is CCCN1C(=O)C(Nc2cccc(OCC)c2)=C(c2ccc(OC)c(OC)c2)C1=O. The summed E-state index contributed by atoms with van der Waals surface area (Å²) in [6, 6.07) is 12.4. The minimum Gasteiger partial charge on any atom is -0.494 e. The van der Waals surface area contributed by atoms with E-state index < -0.39 is 0 Å². The highest BCUT2D eigenvalue weighted by atomic mass is 16.5. The number of ether oxygens (including phenoxy) is 3. The second kappa shape index (κ2) is 9.35. The Kier molecular flexibility index (Phi) is 6.61. The smallest absolute Gasteiger partial charge is 0.278 e. The first kappa shape index (κ1) is 21.2. The number of amides is 2. The Bertz CT molecular complexity index is 983. The fraction of sp³-hybridized carbons (Fsp3) is 0.304. The first-order valence-electron chi connectivity index (χ1n) is 9.86. The summed E-state index contributed by atoms with van der Waals surface area (Å²) in [5.41, 5.74) is 1.77. The van der Waals surface area contributed by atoms with E-state index in [2.05, 4.69) is 5.32 Å². The number of benzene rings is 2. The number of carbonyl (C=O) groups is 2. The largest absolute Gasteiger partial charge is 0.494 e. The summed E-state index contributed by atoms with van der Waals surface area (Å²) in [4.78, 5) is 27.5. The Labute approximate surface area is 176 Å². The number of imide groups is 1. The van der Waals surface area contributed by atoms with Crippen LogP contribution in [0.1, 0.15) is 25.8 Å². The first-order chi connectivity index (χ1) is 14.5. The van der Waals surface area contributed by atoms with Gasteiger partial charge in [-0.25, -0.2) is 0 Å². The quantitative estimate of drug-likeness (QED) is 0.635. The molecule has 30 heavy (non-hydrogen) atoms. The molecule has 0 saturated carbocycles. The Morgan fingerprint density at radius 2 is 1.70 bits per heavy atom. The molecule has 0 spiro atoms. The van der Waals surface area contributed by atoms with Crippen LogP contribution in [0, 0.1) is 0 Å². The molecule has 2 aromatic carbocycles. The van der Waals surface area contributed by atoms with Gasteiger partial charge in [-0.05, 0) is 43.2 Å². The highest BCUT2D eigenvalue weighted by molar-refractivity contribution is 6.36. The van der Waals surface area contributed by atoms with E-state index in [9.17, 15) is 9.59 Å². The fourth-order valence-corrected chi connectivity index (χ4v) is 3.35. The molecule has 7 heteroatoms. The van der Waals surface area contributed by atoms with E-state index in [1.54, 1.807) is 31.4 Å². The van der Waals surface area contributed by atoms with Crippen LogP contribution in [0.25, 0.3) is 5.57 Å². The number of rotatable bonds is 9. The third-order valence-corrected chi connectivity index (χ3v) is 4.70. The lowest BCUT2D eigenvalue weighted by atomic mass is 10.0. The van der Waals surface area contributed by atoms with Crippen molar-refractivity contribution < 1.29 is 23.8 Å². The Morgan fingerprint density at radius 3 is 2.37 bits per heavy atom. The molecule has 2 amide bonds. The number of nitrogens with zero attached hydrogens (tertiary/aromatic N) is 1. The van der Waals surface area contributed by atoms with Gasteiger partial charge in [-0.1, -0.05) is 19.1 Å². The van der Waals surface area contributed by atoms with Crippen molar-refractivity contribution in [3.8, 4) is 17.2 Å². The zero-order valence-corrected chi connectivity index (χ0v) is 17.7. The van der Waals surface area contributed by atoms with E-state index in [1.807, 2.05) is 32.0 Å². The molecule has 0 atom stereocenters. The van der Waals surface area contributed by atoms with Gasteiger partial charge in [0.2, 0.25) is 0 Å². The fourth-order valence-electron chi connectivity index (χ4n) is 3.35. The number of nitrogens with one attached hydrogen (secondary N) is 1. The molecule has 1 aliphatic rings. The van der Waals surface area contributed by atoms with Crippen molar-refractivity contribution in [3.05, 3.63) is 53.7 Å². The van der Waals surface area contributed by atoms with Crippen LogP contribution in [0.2, 0.25) is 0 Å². The lowest BCUT2D eigenvalue weighted by Gasteiger charge is -2.14. The molecule has 0 bridgehead atoms. The van der Waals surface area contributed by atoms with Crippen molar-refractivity contribution in [2.75, 3.05) is 32.7 Å². The number of hydrogen-bond donors (Lipinski definition) is 1. The van der Waals surface area contributed by atoms with E-state index in [-0.39, 0.29) is 17.5 Å². The minimum atomic E-state index is -0.353. The molecular formula is C23H26N2O5. The van der Waals surface area contributed by atoms with Crippen molar-refractivity contribution in [2.45, 2.75) is 20.3 Å². The summed E-state index contributed by atoms with van der Waals surface area (Å²) in [7, 11) is 3.07. The average molecular weight is 410 g/mol. The van der Waals surface area contributed by atoms with Crippen molar-refractivity contribution in [1.82, 2.24) is 4.90 Å². The maximum Gasteiger partial charge on any atom is 0.278 e. The molecule has 7 nitrogen and oxygen atoms in total. The Balaban J connectivity index is 2.08. The van der Waals surface area contributed by atoms with Crippen LogP contribution in [-0.4, -0.2) is 44.1 Å². The zero-order valence-electron chi connectivity index (χ0n) is 17.7. The topological polar surface area (TPSA) is 77.1 Å². The molecule has 1 N–H and O–H groups in total. The van der Waals surface area contributed by atoms with Crippen LogP contribution in [0.4, 0.5) is 5.69 Å². The van der Waals surface area contributed by atoms with E-state index in [1.165, 1.54) is 12.0 Å². The molecule has 158 valence electrons. The second-order valence-corrected chi connectivity index (χ2v) is 6.67. The molecule has 2 aromatic rings. The predicted octanol–water partition coefficient (Wildman–Crippen LogP) is 3.70. The van der Waals surface area contributed by atoms with Crippen LogP contribution < -0.4 is 19.5 Å². The standard InChI is InChI=1S/C23H26N2O5/c1-5-12-25-22(26)20(15-10-11-18(28-3)19(13-15)29-4)21(23(25)27)24-16-8-7-9-17(14-16)30-6-2/h7-11,13-14,24H,5-6,12H2,1-4H3. The van der Waals surface area contributed by atoms with E-state index in [0.717, 1.165) is 0 Å². The first-order valence-corrected chi connectivity index (χ1v) is 9.86. The van der Waals surface area contributed by atoms with Gasteiger partial charge in [-0.2, -0.15) is 0 Å². The van der Waals surface area contributed by atoms with Gasteiger partial charge < -0.3 is 19.5 Å². The Morgan fingerprint density at radius 1 is 0.933 bits per heavy atom. The average Bonchev–Trinajstić information content (AvgIpc) is 2.98. The summed E-state index contributed by atoms with van der Waals surface area (Å²) >= 11 is 0. The molecule has 1 aliphatic heterocycles. The lowest BCUT2D eigenvalue weighted by molar-refractivity contribution is -0.136. The highest BCUT2D eigenvalue weighted by Gasteiger charge is 2.39. The Hall–Kier alpha value is -3.48. The monoisotopic (exact) mass is 410 g/mol. The predicted molar refractivity (Wildman–Crippen MR) is 115 cm³/mol. The molecule has 3 rings (SSSR count). The number of methoxy groups -OCH3 is 2. The zero-order chi connectivity index (χ0) is 21.7. The van der Waals surface area contributed by atoms with Gasteiger partial charge in [-0.3, -0.25) is 14.5 Å². The molecule has 0 aliphatic carbocycles. The maximum absolute atomic E-state index is 13.1. The summed E-state index contributed by atoms with van der Waals surface area (Å²) in [5, 5.41) is 3.14. The number of anilines is 1. The van der Waals surface area contributed by atoms with Gasteiger partial charge in [0.1, 0.15) is 11.4 Å². The molecule has 1 heterocycles. The van der Waals surface area contributed by atoms with Crippen molar-refractivity contribution in [2.24, 2.45) is 0 Å². The number of carbonyl (C=O) groups excluding carboxylic acids is 2. The van der Waals surface area contributed by atoms with Crippen molar-refractivity contribution in [3.63, 3.8) is 0 Å². The van der Waals surface area contributed by atoms with Crippen LogP contribution in [-0.2, 0) is 9.59 Å². The van der Waals surface area contributed by atoms with Gasteiger partial charge in [0.15, 0.2) is 11.5 Å². The highest BCUT2D eigenvalue weighted by Crippen LogP contribution is 2.36. The lowest BCUT2D eigenvalue weighted by Crippen LogP contribution is -2.33.